The standard InChI is InChI=1S/C15H13F3N4O/c1-23-11-4-2-3-10(7-11)8-20-13-14-21-12(15(16,17)18)9-22(14)6-5-19-13/h2-7,9H,8H2,1H3,(H,19,20). The first kappa shape index (κ1) is 15.1. The lowest BCUT2D eigenvalue weighted by Gasteiger charge is -2.08. The van der Waals surface area contributed by atoms with E-state index in [-0.39, 0.29) is 11.5 Å². The fraction of sp³-hybridized carbons (Fsp3) is 0.200. The fourth-order valence-corrected chi connectivity index (χ4v) is 2.15. The quantitative estimate of drug-likeness (QED) is 0.800. The first-order valence-electron chi connectivity index (χ1n) is 6.75. The Morgan fingerprint density at radius 2 is 2.13 bits per heavy atom. The van der Waals surface area contributed by atoms with Crippen molar-refractivity contribution < 1.29 is 17.9 Å². The Labute approximate surface area is 129 Å². The second-order valence-electron chi connectivity index (χ2n) is 4.84. The van der Waals surface area contributed by atoms with Gasteiger partial charge in [0.25, 0.3) is 0 Å². The summed E-state index contributed by atoms with van der Waals surface area (Å²) < 4.78 is 44.7. The van der Waals surface area contributed by atoms with E-state index in [1.54, 1.807) is 7.11 Å². The number of halogens is 3. The number of imidazole rings is 1. The van der Waals surface area contributed by atoms with Crippen molar-refractivity contribution in [2.45, 2.75) is 12.7 Å². The summed E-state index contributed by atoms with van der Waals surface area (Å²) in [7, 11) is 1.57. The van der Waals surface area contributed by atoms with Crippen LogP contribution in [0.25, 0.3) is 5.65 Å². The van der Waals surface area contributed by atoms with Crippen LogP contribution in [0.1, 0.15) is 11.3 Å². The first-order valence-corrected chi connectivity index (χ1v) is 6.75. The van der Waals surface area contributed by atoms with Crippen LogP contribution in [0, 0.1) is 0 Å². The number of fused-ring (bicyclic) bond motifs is 1. The monoisotopic (exact) mass is 322 g/mol. The van der Waals surface area contributed by atoms with Crippen LogP contribution in [-0.4, -0.2) is 21.5 Å². The van der Waals surface area contributed by atoms with Gasteiger partial charge in [-0.2, -0.15) is 13.2 Å². The van der Waals surface area contributed by atoms with Crippen molar-refractivity contribution in [3.63, 3.8) is 0 Å². The Bertz CT molecular complexity index is 829. The van der Waals surface area contributed by atoms with Crippen LogP contribution < -0.4 is 10.1 Å². The molecule has 8 heteroatoms. The SMILES string of the molecule is COc1cccc(CNc2nccn3cc(C(F)(F)F)nc23)c1. The molecule has 120 valence electrons. The topological polar surface area (TPSA) is 51.5 Å². The van der Waals surface area contributed by atoms with E-state index >= 15 is 0 Å². The third-order valence-corrected chi connectivity index (χ3v) is 3.26. The van der Waals surface area contributed by atoms with Gasteiger partial charge in [-0.3, -0.25) is 0 Å². The Morgan fingerprint density at radius 3 is 2.87 bits per heavy atom. The maximum atomic E-state index is 12.8. The molecule has 2 aromatic heterocycles. The van der Waals surface area contributed by atoms with Gasteiger partial charge in [0.1, 0.15) is 5.75 Å². The van der Waals surface area contributed by atoms with E-state index in [2.05, 4.69) is 15.3 Å². The highest BCUT2D eigenvalue weighted by Crippen LogP contribution is 2.29. The van der Waals surface area contributed by atoms with E-state index in [4.69, 9.17) is 4.74 Å². The minimum absolute atomic E-state index is 0.128. The Hall–Kier alpha value is -2.77. The van der Waals surface area contributed by atoms with E-state index in [0.29, 0.717) is 12.3 Å². The zero-order valence-electron chi connectivity index (χ0n) is 12.1. The van der Waals surface area contributed by atoms with Crippen molar-refractivity contribution in [3.8, 4) is 5.75 Å². The van der Waals surface area contributed by atoms with Crippen molar-refractivity contribution in [1.29, 1.82) is 0 Å². The highest BCUT2D eigenvalue weighted by molar-refractivity contribution is 5.63. The second-order valence-corrected chi connectivity index (χ2v) is 4.84. The summed E-state index contributed by atoms with van der Waals surface area (Å²) in [4.78, 5) is 7.69. The molecule has 0 aliphatic carbocycles. The van der Waals surface area contributed by atoms with Gasteiger partial charge in [0, 0.05) is 25.1 Å². The molecule has 0 spiro atoms. The van der Waals surface area contributed by atoms with E-state index < -0.39 is 11.9 Å². The van der Waals surface area contributed by atoms with Gasteiger partial charge in [0.05, 0.1) is 7.11 Å². The van der Waals surface area contributed by atoms with E-state index in [0.717, 1.165) is 11.8 Å². The molecule has 0 fully saturated rings. The second kappa shape index (κ2) is 5.79. The molecule has 0 aliphatic heterocycles. The van der Waals surface area contributed by atoms with Gasteiger partial charge in [0.2, 0.25) is 0 Å². The number of ether oxygens (including phenoxy) is 1. The summed E-state index contributed by atoms with van der Waals surface area (Å²) in [6, 6.07) is 7.36. The molecule has 23 heavy (non-hydrogen) atoms. The van der Waals surface area contributed by atoms with Gasteiger partial charge >= 0.3 is 6.18 Å². The molecule has 1 aromatic carbocycles. The molecule has 3 rings (SSSR count). The van der Waals surface area contributed by atoms with Crippen LogP contribution in [0.4, 0.5) is 19.0 Å². The van der Waals surface area contributed by atoms with Crippen LogP contribution in [0.15, 0.2) is 42.9 Å². The maximum absolute atomic E-state index is 12.8. The van der Waals surface area contributed by atoms with Gasteiger partial charge in [-0.05, 0) is 17.7 Å². The van der Waals surface area contributed by atoms with E-state index in [1.807, 2.05) is 24.3 Å². The molecule has 0 saturated heterocycles. The van der Waals surface area contributed by atoms with Gasteiger partial charge in [-0.15, -0.1) is 0 Å². The predicted octanol–water partition coefficient (Wildman–Crippen LogP) is 3.37. The number of benzene rings is 1. The third-order valence-electron chi connectivity index (χ3n) is 3.26. The lowest BCUT2D eigenvalue weighted by atomic mass is 10.2. The van der Waals surface area contributed by atoms with Gasteiger partial charge in [0.15, 0.2) is 17.2 Å². The summed E-state index contributed by atoms with van der Waals surface area (Å²) in [5, 5.41) is 3.00. The molecular weight excluding hydrogens is 309 g/mol. The zero-order valence-corrected chi connectivity index (χ0v) is 12.1. The number of nitrogens with one attached hydrogen (secondary N) is 1. The Morgan fingerprint density at radius 1 is 1.30 bits per heavy atom. The maximum Gasteiger partial charge on any atom is 0.434 e. The minimum Gasteiger partial charge on any atom is -0.497 e. The molecule has 0 amide bonds. The number of aromatic nitrogens is 3. The molecule has 1 N–H and O–H groups in total. The highest BCUT2D eigenvalue weighted by atomic mass is 19.4. The molecule has 2 heterocycles. The van der Waals surface area contributed by atoms with Crippen LogP contribution in [0.2, 0.25) is 0 Å². The summed E-state index contributed by atoms with van der Waals surface area (Å²) >= 11 is 0. The van der Waals surface area contributed by atoms with E-state index in [9.17, 15) is 13.2 Å². The number of anilines is 1. The Kier molecular flexibility index (Phi) is 3.81. The number of alkyl halides is 3. The molecule has 3 aromatic rings. The Balaban J connectivity index is 1.86. The van der Waals surface area contributed by atoms with Crippen molar-refractivity contribution >= 4 is 11.5 Å². The fourth-order valence-electron chi connectivity index (χ4n) is 2.15. The molecule has 0 bridgehead atoms. The van der Waals surface area contributed by atoms with Gasteiger partial charge in [-0.25, -0.2) is 9.97 Å². The van der Waals surface area contributed by atoms with Crippen molar-refractivity contribution in [2.75, 3.05) is 12.4 Å². The zero-order chi connectivity index (χ0) is 16.4. The molecule has 0 saturated carbocycles. The van der Waals surface area contributed by atoms with Crippen molar-refractivity contribution in [1.82, 2.24) is 14.4 Å². The average Bonchev–Trinajstić information content (AvgIpc) is 2.98. The van der Waals surface area contributed by atoms with E-state index in [1.165, 1.54) is 16.8 Å². The number of methoxy groups -OCH3 is 1. The first-order chi connectivity index (χ1) is 11.0. The van der Waals surface area contributed by atoms with Crippen molar-refractivity contribution in [3.05, 3.63) is 54.1 Å². The summed E-state index contributed by atoms with van der Waals surface area (Å²) in [5.74, 6) is 0.987. The average molecular weight is 322 g/mol. The predicted molar refractivity (Wildman–Crippen MR) is 78.3 cm³/mol. The molecule has 0 unspecified atom stereocenters. The normalized spacial score (nSPS) is 11.7. The summed E-state index contributed by atoms with van der Waals surface area (Å²) in [5.41, 5.74) is 0.0911. The molecule has 0 radical (unpaired) electrons. The van der Waals surface area contributed by atoms with Crippen LogP contribution in [0.3, 0.4) is 0 Å². The summed E-state index contributed by atoms with van der Waals surface area (Å²) in [6.45, 7) is 0.387. The molecule has 0 atom stereocenters. The van der Waals surface area contributed by atoms with Crippen LogP contribution in [-0.2, 0) is 12.7 Å². The summed E-state index contributed by atoms with van der Waals surface area (Å²) in [6.07, 6.45) is -0.707. The highest BCUT2D eigenvalue weighted by Gasteiger charge is 2.34. The molecule has 5 nitrogen and oxygen atoms in total. The minimum atomic E-state index is -4.49. The third kappa shape index (κ3) is 3.20. The molecule has 0 aliphatic rings. The van der Waals surface area contributed by atoms with Gasteiger partial charge in [-0.1, -0.05) is 12.1 Å². The smallest absolute Gasteiger partial charge is 0.434 e. The number of hydrogen-bond acceptors (Lipinski definition) is 4. The molecular formula is C15H13F3N4O. The number of nitrogens with zero attached hydrogens (tertiary/aromatic N) is 3. The van der Waals surface area contributed by atoms with Crippen LogP contribution >= 0.6 is 0 Å². The number of hydrogen-bond donors (Lipinski definition) is 1. The largest absolute Gasteiger partial charge is 0.497 e. The van der Waals surface area contributed by atoms with Crippen LogP contribution in [0.5, 0.6) is 5.75 Å². The number of rotatable bonds is 4. The van der Waals surface area contributed by atoms with Gasteiger partial charge < -0.3 is 14.5 Å². The lowest BCUT2D eigenvalue weighted by Crippen LogP contribution is -2.05. The lowest BCUT2D eigenvalue weighted by molar-refractivity contribution is -0.140. The van der Waals surface area contributed by atoms with Crippen molar-refractivity contribution in [2.24, 2.45) is 0 Å².